The number of hydrogen-bond donors (Lipinski definition) is 0. The zero-order valence-corrected chi connectivity index (χ0v) is 16.8. The number of benzene rings is 2. The number of aryl methyl sites for hydroxylation is 1. The Balaban J connectivity index is 1.70. The van der Waals surface area contributed by atoms with Crippen molar-refractivity contribution in [2.45, 2.75) is 19.2 Å². The molecule has 1 aromatic heterocycles. The molecule has 0 aliphatic heterocycles. The molecule has 0 radical (unpaired) electrons. The van der Waals surface area contributed by atoms with E-state index in [0.717, 1.165) is 15.6 Å². The quantitative estimate of drug-likeness (QED) is 0.588. The predicted molar refractivity (Wildman–Crippen MR) is 103 cm³/mol. The van der Waals surface area contributed by atoms with Crippen molar-refractivity contribution in [2.24, 2.45) is 0 Å². The molecule has 136 valence electrons. The third-order valence-corrected chi connectivity index (χ3v) is 6.18. The van der Waals surface area contributed by atoms with E-state index in [2.05, 4.69) is 26.1 Å². The summed E-state index contributed by atoms with van der Waals surface area (Å²) in [5.41, 5.74) is 2.67. The molecule has 0 atom stereocenters. The van der Waals surface area contributed by atoms with Crippen LogP contribution in [-0.4, -0.2) is 29.9 Å². The largest absolute Gasteiger partial charge is 0.338 e. The first kappa shape index (κ1) is 18.8. The van der Waals surface area contributed by atoms with E-state index in [4.69, 9.17) is 4.52 Å². The van der Waals surface area contributed by atoms with E-state index in [-0.39, 0.29) is 18.2 Å². The molecule has 0 saturated heterocycles. The van der Waals surface area contributed by atoms with Gasteiger partial charge < -0.3 is 4.52 Å². The first-order valence-corrected chi connectivity index (χ1v) is 10.3. The summed E-state index contributed by atoms with van der Waals surface area (Å²) < 4.78 is 32.4. The fourth-order valence-electron chi connectivity index (χ4n) is 2.33. The van der Waals surface area contributed by atoms with Crippen molar-refractivity contribution in [3.63, 3.8) is 0 Å². The Kier molecular flexibility index (Phi) is 5.55. The molecular formula is C18H18BrN3O3S. The molecule has 3 aromatic rings. The lowest BCUT2D eigenvalue weighted by Gasteiger charge is -2.15. The third-order valence-electron chi connectivity index (χ3n) is 3.87. The first-order valence-electron chi connectivity index (χ1n) is 7.91. The molecule has 2 aromatic carbocycles. The molecule has 8 heteroatoms. The molecule has 0 aliphatic carbocycles. The Morgan fingerprint density at radius 3 is 2.38 bits per heavy atom. The second-order valence-electron chi connectivity index (χ2n) is 6.02. The zero-order chi connectivity index (χ0) is 18.7. The van der Waals surface area contributed by atoms with E-state index in [0.29, 0.717) is 11.4 Å². The molecular weight excluding hydrogens is 418 g/mol. The van der Waals surface area contributed by atoms with Crippen molar-refractivity contribution in [3.05, 3.63) is 70.0 Å². The number of halogens is 1. The van der Waals surface area contributed by atoms with Crippen LogP contribution in [0.4, 0.5) is 0 Å². The smallest absolute Gasteiger partial charge is 0.242 e. The average molecular weight is 436 g/mol. The molecule has 0 amide bonds. The van der Waals surface area contributed by atoms with Crippen LogP contribution in [0.1, 0.15) is 17.0 Å². The third kappa shape index (κ3) is 4.57. The van der Waals surface area contributed by atoms with Gasteiger partial charge in [-0.3, -0.25) is 0 Å². The van der Waals surface area contributed by atoms with Crippen LogP contribution in [0.25, 0.3) is 11.4 Å². The van der Waals surface area contributed by atoms with E-state index in [1.165, 1.54) is 11.4 Å². The highest BCUT2D eigenvalue weighted by molar-refractivity contribution is 9.10. The SMILES string of the molecule is Cc1ccc(-c2noc(CN(C)S(=O)(=O)Cc3ccc(Br)cc3)n2)cc1. The number of hydrogen-bond acceptors (Lipinski definition) is 5. The maximum atomic E-state index is 12.5. The summed E-state index contributed by atoms with van der Waals surface area (Å²) in [6.07, 6.45) is 0. The lowest BCUT2D eigenvalue weighted by Crippen LogP contribution is -2.27. The summed E-state index contributed by atoms with van der Waals surface area (Å²) >= 11 is 3.34. The fourth-order valence-corrected chi connectivity index (χ4v) is 3.73. The Labute approximate surface area is 161 Å². The van der Waals surface area contributed by atoms with Gasteiger partial charge >= 0.3 is 0 Å². The minimum Gasteiger partial charge on any atom is -0.338 e. The fraction of sp³-hybridized carbons (Fsp3) is 0.222. The lowest BCUT2D eigenvalue weighted by molar-refractivity contribution is 0.336. The predicted octanol–water partition coefficient (Wildman–Crippen LogP) is 3.77. The van der Waals surface area contributed by atoms with Crippen LogP contribution < -0.4 is 0 Å². The van der Waals surface area contributed by atoms with Gasteiger partial charge in [-0.1, -0.05) is 63.0 Å². The molecule has 0 fully saturated rings. The van der Waals surface area contributed by atoms with Gasteiger partial charge in [0.05, 0.1) is 12.3 Å². The summed E-state index contributed by atoms with van der Waals surface area (Å²) in [7, 11) is -1.99. The molecule has 0 N–H and O–H groups in total. The van der Waals surface area contributed by atoms with Crippen LogP contribution in [-0.2, 0) is 22.3 Å². The number of rotatable bonds is 6. The van der Waals surface area contributed by atoms with Crippen molar-refractivity contribution in [2.75, 3.05) is 7.05 Å². The van der Waals surface area contributed by atoms with Gasteiger partial charge in [0.15, 0.2) is 0 Å². The van der Waals surface area contributed by atoms with Crippen molar-refractivity contribution >= 4 is 26.0 Å². The highest BCUT2D eigenvalue weighted by Crippen LogP contribution is 2.19. The molecule has 26 heavy (non-hydrogen) atoms. The normalized spacial score (nSPS) is 11.8. The Hall–Kier alpha value is -2.03. The summed E-state index contributed by atoms with van der Waals surface area (Å²) in [6.45, 7) is 2.02. The molecule has 0 spiro atoms. The Bertz CT molecular complexity index is 983. The van der Waals surface area contributed by atoms with E-state index in [1.807, 2.05) is 43.3 Å². The number of aromatic nitrogens is 2. The average Bonchev–Trinajstić information content (AvgIpc) is 3.06. The van der Waals surface area contributed by atoms with E-state index >= 15 is 0 Å². The van der Waals surface area contributed by atoms with Crippen molar-refractivity contribution < 1.29 is 12.9 Å². The van der Waals surface area contributed by atoms with Crippen LogP contribution in [0, 0.1) is 6.92 Å². The van der Waals surface area contributed by atoms with Crippen LogP contribution >= 0.6 is 15.9 Å². The van der Waals surface area contributed by atoms with Gasteiger partial charge in [0.1, 0.15) is 0 Å². The highest BCUT2D eigenvalue weighted by Gasteiger charge is 2.21. The topological polar surface area (TPSA) is 76.3 Å². The minimum atomic E-state index is -3.50. The second kappa shape index (κ2) is 7.69. The standard InChI is InChI=1S/C18H18BrN3O3S/c1-13-3-7-15(8-4-13)18-20-17(25-21-18)11-22(2)26(23,24)12-14-5-9-16(19)10-6-14/h3-10H,11-12H2,1-2H3. The van der Waals surface area contributed by atoms with Gasteiger partial charge in [0, 0.05) is 17.1 Å². The van der Waals surface area contributed by atoms with Gasteiger partial charge in [0.25, 0.3) is 0 Å². The Morgan fingerprint density at radius 1 is 1.08 bits per heavy atom. The molecule has 0 aliphatic rings. The molecule has 0 saturated carbocycles. The van der Waals surface area contributed by atoms with Gasteiger partial charge in [-0.15, -0.1) is 0 Å². The zero-order valence-electron chi connectivity index (χ0n) is 14.4. The van der Waals surface area contributed by atoms with Crippen LogP contribution in [0.5, 0.6) is 0 Å². The van der Waals surface area contributed by atoms with Crippen LogP contribution in [0.2, 0.25) is 0 Å². The van der Waals surface area contributed by atoms with Crippen molar-refractivity contribution in [1.29, 1.82) is 0 Å². The maximum absolute atomic E-state index is 12.5. The van der Waals surface area contributed by atoms with Crippen LogP contribution in [0.3, 0.4) is 0 Å². The molecule has 6 nitrogen and oxygen atoms in total. The van der Waals surface area contributed by atoms with Crippen molar-refractivity contribution in [3.8, 4) is 11.4 Å². The lowest BCUT2D eigenvalue weighted by atomic mass is 10.1. The van der Waals surface area contributed by atoms with Gasteiger partial charge in [-0.05, 0) is 24.6 Å². The molecule has 3 rings (SSSR count). The van der Waals surface area contributed by atoms with Gasteiger partial charge in [-0.2, -0.15) is 9.29 Å². The number of nitrogens with zero attached hydrogens (tertiary/aromatic N) is 3. The summed E-state index contributed by atoms with van der Waals surface area (Å²) in [5, 5.41) is 3.93. The Morgan fingerprint density at radius 2 is 1.73 bits per heavy atom. The maximum Gasteiger partial charge on any atom is 0.242 e. The summed E-state index contributed by atoms with van der Waals surface area (Å²) in [4.78, 5) is 4.29. The minimum absolute atomic E-state index is 0.0255. The first-order chi connectivity index (χ1) is 12.3. The highest BCUT2D eigenvalue weighted by atomic mass is 79.9. The second-order valence-corrected chi connectivity index (χ2v) is 9.01. The van der Waals surface area contributed by atoms with E-state index in [1.54, 1.807) is 12.1 Å². The summed E-state index contributed by atoms with van der Waals surface area (Å²) in [5.74, 6) is 0.608. The van der Waals surface area contributed by atoms with E-state index in [9.17, 15) is 8.42 Å². The molecule has 0 unspecified atom stereocenters. The van der Waals surface area contributed by atoms with Gasteiger partial charge in [0.2, 0.25) is 21.7 Å². The van der Waals surface area contributed by atoms with Crippen molar-refractivity contribution in [1.82, 2.24) is 14.4 Å². The summed E-state index contributed by atoms with van der Waals surface area (Å²) in [6, 6.07) is 14.9. The monoisotopic (exact) mass is 435 g/mol. The molecule has 1 heterocycles. The molecule has 0 bridgehead atoms. The van der Waals surface area contributed by atoms with Crippen LogP contribution in [0.15, 0.2) is 57.5 Å². The number of sulfonamides is 1. The van der Waals surface area contributed by atoms with Gasteiger partial charge in [-0.25, -0.2) is 8.42 Å². The van der Waals surface area contributed by atoms with E-state index < -0.39 is 10.0 Å².